The summed E-state index contributed by atoms with van der Waals surface area (Å²) in [6.07, 6.45) is 4.36. The number of aryl methyl sites for hydroxylation is 1. The Bertz CT molecular complexity index is 1160. The van der Waals surface area contributed by atoms with Crippen LogP contribution < -0.4 is 5.32 Å². The van der Waals surface area contributed by atoms with Crippen LogP contribution in [-0.2, 0) is 21.4 Å². The fraction of sp³-hybridized carbons (Fsp3) is 0.300. The summed E-state index contributed by atoms with van der Waals surface area (Å²) in [5, 5.41) is 4.45. The van der Waals surface area contributed by atoms with Crippen LogP contribution in [-0.4, -0.2) is 40.8 Å². The zero-order valence-corrected chi connectivity index (χ0v) is 17.9. The first-order valence-corrected chi connectivity index (χ1v) is 11.8. The van der Waals surface area contributed by atoms with Crippen molar-refractivity contribution in [1.29, 1.82) is 0 Å². The average Bonchev–Trinajstić information content (AvgIpc) is 3.47. The molecule has 1 amide bonds. The second-order valence-electron chi connectivity index (χ2n) is 7.05. The number of benzene rings is 1. The molecule has 1 aliphatic rings. The molecule has 2 aromatic heterocycles. The van der Waals surface area contributed by atoms with Gasteiger partial charge in [0.15, 0.2) is 0 Å². The van der Waals surface area contributed by atoms with Crippen molar-refractivity contribution in [3.05, 3.63) is 65.3 Å². The Hall–Kier alpha value is -2.56. The Morgan fingerprint density at radius 3 is 2.87 bits per heavy atom. The zero-order valence-electron chi connectivity index (χ0n) is 16.3. The number of hydrogen-bond acceptors (Lipinski definition) is 5. The second-order valence-corrected chi connectivity index (χ2v) is 10.1. The number of carbonyl (C=O) groups excluding carboxylic acids is 1. The number of sulfonamides is 1. The molecule has 3 aromatic rings. The van der Waals surface area contributed by atoms with Crippen LogP contribution in [0.4, 0.5) is 4.39 Å². The summed E-state index contributed by atoms with van der Waals surface area (Å²) in [4.78, 5) is 16.8. The van der Waals surface area contributed by atoms with Crippen molar-refractivity contribution in [1.82, 2.24) is 19.2 Å². The van der Waals surface area contributed by atoms with E-state index in [1.807, 2.05) is 0 Å². The molecule has 1 N–H and O–H groups in total. The maximum atomic E-state index is 14.5. The molecule has 4 rings (SSSR count). The molecule has 1 aromatic carbocycles. The Labute approximate surface area is 178 Å². The minimum atomic E-state index is -3.69. The van der Waals surface area contributed by atoms with Crippen molar-refractivity contribution in [3.8, 4) is 5.69 Å². The summed E-state index contributed by atoms with van der Waals surface area (Å²) in [7, 11) is -3.69. The van der Waals surface area contributed by atoms with Crippen LogP contribution in [0.1, 0.15) is 24.2 Å². The van der Waals surface area contributed by atoms with Gasteiger partial charge in [0.1, 0.15) is 21.9 Å². The molecule has 1 unspecified atom stereocenters. The molecule has 1 fully saturated rings. The fourth-order valence-electron chi connectivity index (χ4n) is 3.61. The second kappa shape index (κ2) is 8.29. The molecule has 158 valence electrons. The molecular formula is C20H21FN4O3S2. The highest BCUT2D eigenvalue weighted by Crippen LogP contribution is 2.28. The quantitative estimate of drug-likeness (QED) is 0.629. The van der Waals surface area contributed by atoms with E-state index in [1.54, 1.807) is 53.5 Å². The lowest BCUT2D eigenvalue weighted by Gasteiger charge is -2.22. The van der Waals surface area contributed by atoms with Crippen molar-refractivity contribution >= 4 is 27.3 Å². The summed E-state index contributed by atoms with van der Waals surface area (Å²) in [5.74, 6) is -0.128. The molecule has 0 bridgehead atoms. The van der Waals surface area contributed by atoms with Gasteiger partial charge >= 0.3 is 0 Å². The van der Waals surface area contributed by atoms with Crippen molar-refractivity contribution < 1.29 is 17.6 Å². The first-order chi connectivity index (χ1) is 14.4. The number of rotatable bonds is 6. The molecule has 7 nitrogen and oxygen atoms in total. The first kappa shape index (κ1) is 20.7. The monoisotopic (exact) mass is 448 g/mol. The van der Waals surface area contributed by atoms with Crippen molar-refractivity contribution in [2.45, 2.75) is 36.6 Å². The summed E-state index contributed by atoms with van der Waals surface area (Å²) < 4.78 is 43.3. The van der Waals surface area contributed by atoms with Gasteiger partial charge in [-0.05, 0) is 48.9 Å². The molecule has 1 atom stereocenters. The third kappa shape index (κ3) is 3.90. The molecule has 10 heteroatoms. The van der Waals surface area contributed by atoms with Gasteiger partial charge < -0.3 is 9.88 Å². The molecular weight excluding hydrogens is 427 g/mol. The molecule has 0 radical (unpaired) electrons. The van der Waals surface area contributed by atoms with Gasteiger partial charge in [-0.2, -0.15) is 4.31 Å². The number of hydrogen-bond donors (Lipinski definition) is 1. The van der Waals surface area contributed by atoms with Crippen molar-refractivity contribution in [3.63, 3.8) is 0 Å². The van der Waals surface area contributed by atoms with Crippen LogP contribution in [0.15, 0.2) is 52.3 Å². The van der Waals surface area contributed by atoms with E-state index < -0.39 is 21.9 Å². The van der Waals surface area contributed by atoms with E-state index >= 15 is 0 Å². The van der Waals surface area contributed by atoms with E-state index in [-0.39, 0.29) is 16.7 Å². The topological polar surface area (TPSA) is 84.3 Å². The standard InChI is InChI=1S/C20H21FN4O3S2/c1-14-22-8-10-24(14)17-7-6-15(12-16(17)21)13-23-20(26)18-4-2-9-25(18)30(27,28)19-5-3-11-29-19/h3,5-8,10-12,18H,2,4,9,13H2,1H3,(H,23,26). The van der Waals surface area contributed by atoms with Gasteiger partial charge in [0, 0.05) is 25.5 Å². The fourth-order valence-corrected chi connectivity index (χ4v) is 6.39. The summed E-state index contributed by atoms with van der Waals surface area (Å²) in [6, 6.07) is 7.19. The van der Waals surface area contributed by atoms with Gasteiger partial charge in [0.25, 0.3) is 10.0 Å². The molecule has 3 heterocycles. The Morgan fingerprint density at radius 2 is 2.20 bits per heavy atom. The van der Waals surface area contributed by atoms with E-state index in [0.717, 1.165) is 11.3 Å². The molecule has 1 saturated heterocycles. The number of nitrogens with one attached hydrogen (secondary N) is 1. The third-order valence-electron chi connectivity index (χ3n) is 5.13. The Kier molecular flexibility index (Phi) is 5.72. The molecule has 1 aliphatic heterocycles. The number of nitrogens with zero attached hydrogens (tertiary/aromatic N) is 3. The smallest absolute Gasteiger partial charge is 0.253 e. The highest BCUT2D eigenvalue weighted by molar-refractivity contribution is 7.91. The van der Waals surface area contributed by atoms with Gasteiger partial charge in [-0.3, -0.25) is 4.79 Å². The number of carbonyl (C=O) groups is 1. The number of amides is 1. The van der Waals surface area contributed by atoms with Crippen LogP contribution in [0.5, 0.6) is 0 Å². The van der Waals surface area contributed by atoms with Crippen LogP contribution in [0.2, 0.25) is 0 Å². The Balaban J connectivity index is 1.44. The van der Waals surface area contributed by atoms with E-state index in [9.17, 15) is 17.6 Å². The lowest BCUT2D eigenvalue weighted by Crippen LogP contribution is -2.45. The SMILES string of the molecule is Cc1nccn1-c1ccc(CNC(=O)C2CCCN2S(=O)(=O)c2cccs2)cc1F. The van der Waals surface area contributed by atoms with E-state index in [4.69, 9.17) is 0 Å². The molecule has 0 spiro atoms. The normalized spacial score (nSPS) is 17.3. The predicted molar refractivity (Wildman–Crippen MR) is 111 cm³/mol. The van der Waals surface area contributed by atoms with Gasteiger partial charge in [-0.15, -0.1) is 11.3 Å². The van der Waals surface area contributed by atoms with Gasteiger partial charge in [0.2, 0.25) is 5.91 Å². The number of thiophene rings is 1. The number of halogens is 1. The highest BCUT2D eigenvalue weighted by Gasteiger charge is 2.39. The molecule has 30 heavy (non-hydrogen) atoms. The minimum absolute atomic E-state index is 0.113. The minimum Gasteiger partial charge on any atom is -0.351 e. The van der Waals surface area contributed by atoms with E-state index in [0.29, 0.717) is 36.5 Å². The third-order valence-corrected chi connectivity index (χ3v) is 8.41. The highest BCUT2D eigenvalue weighted by atomic mass is 32.2. The summed E-state index contributed by atoms with van der Waals surface area (Å²) >= 11 is 1.13. The maximum absolute atomic E-state index is 14.5. The van der Waals surface area contributed by atoms with Crippen molar-refractivity contribution in [2.75, 3.05) is 6.54 Å². The zero-order chi connectivity index (χ0) is 21.3. The lowest BCUT2D eigenvalue weighted by atomic mass is 10.1. The van der Waals surface area contributed by atoms with Gasteiger partial charge in [-0.25, -0.2) is 17.8 Å². The van der Waals surface area contributed by atoms with Crippen LogP contribution >= 0.6 is 11.3 Å². The lowest BCUT2D eigenvalue weighted by molar-refractivity contribution is -0.124. The largest absolute Gasteiger partial charge is 0.351 e. The Morgan fingerprint density at radius 1 is 1.37 bits per heavy atom. The predicted octanol–water partition coefficient (Wildman–Crippen LogP) is 2.85. The van der Waals surface area contributed by atoms with Crippen LogP contribution in [0.3, 0.4) is 0 Å². The van der Waals surface area contributed by atoms with Crippen molar-refractivity contribution in [2.24, 2.45) is 0 Å². The number of imidazole rings is 1. The molecule has 0 saturated carbocycles. The van der Waals surface area contributed by atoms with Gasteiger partial charge in [-0.1, -0.05) is 12.1 Å². The average molecular weight is 449 g/mol. The van der Waals surface area contributed by atoms with Gasteiger partial charge in [0.05, 0.1) is 5.69 Å². The molecule has 0 aliphatic carbocycles. The summed E-state index contributed by atoms with van der Waals surface area (Å²) in [6.45, 7) is 2.21. The first-order valence-electron chi connectivity index (χ1n) is 9.50. The summed E-state index contributed by atoms with van der Waals surface area (Å²) in [5.41, 5.74) is 0.970. The number of aromatic nitrogens is 2. The van der Waals surface area contributed by atoms with E-state index in [2.05, 4.69) is 10.3 Å². The van der Waals surface area contributed by atoms with E-state index in [1.165, 1.54) is 10.4 Å². The van der Waals surface area contributed by atoms with Crippen LogP contribution in [0, 0.1) is 12.7 Å². The maximum Gasteiger partial charge on any atom is 0.253 e. The van der Waals surface area contributed by atoms with Crippen LogP contribution in [0.25, 0.3) is 5.69 Å².